The van der Waals surface area contributed by atoms with Crippen molar-refractivity contribution in [1.82, 2.24) is 4.98 Å². The van der Waals surface area contributed by atoms with Crippen molar-refractivity contribution in [3.8, 4) is 0 Å². The molecule has 0 amide bonds. The average molecular weight is 310 g/mol. The number of sulfonamides is 1. The number of rotatable bonds is 5. The lowest BCUT2D eigenvalue weighted by molar-refractivity contribution is 0.136. The van der Waals surface area contributed by atoms with Crippen LogP contribution in [0.1, 0.15) is 12.5 Å². The van der Waals surface area contributed by atoms with Gasteiger partial charge < -0.3 is 9.72 Å². The molecule has 6 nitrogen and oxygen atoms in total. The number of hydrogen-bond donors (Lipinski definition) is 2. The summed E-state index contributed by atoms with van der Waals surface area (Å²) >= 11 is 0. The minimum atomic E-state index is -3.48. The normalized spacial score (nSPS) is 13.3. The molecule has 0 radical (unpaired) electrons. The first kappa shape index (κ1) is 15.5. The van der Waals surface area contributed by atoms with Crippen LogP contribution in [0, 0.1) is 6.92 Å². The molecule has 1 aromatic carbocycles. The first-order valence-electron chi connectivity index (χ1n) is 6.48. The molecule has 0 spiro atoms. The van der Waals surface area contributed by atoms with Crippen LogP contribution >= 0.6 is 0 Å². The van der Waals surface area contributed by atoms with Gasteiger partial charge in [-0.25, -0.2) is 8.42 Å². The predicted molar refractivity (Wildman–Crippen MR) is 83.2 cm³/mol. The second-order valence-electron chi connectivity index (χ2n) is 5.01. The van der Waals surface area contributed by atoms with E-state index in [1.54, 1.807) is 25.1 Å². The number of nitrogens with one attached hydrogen (secondary N) is 2. The monoisotopic (exact) mass is 310 g/mol. The van der Waals surface area contributed by atoms with E-state index < -0.39 is 10.0 Å². The van der Waals surface area contributed by atoms with Crippen LogP contribution in [-0.4, -0.2) is 32.4 Å². The molecule has 0 saturated carbocycles. The van der Waals surface area contributed by atoms with Gasteiger partial charge in [0, 0.05) is 29.8 Å². The van der Waals surface area contributed by atoms with Gasteiger partial charge in [0.2, 0.25) is 15.6 Å². The maximum absolute atomic E-state index is 12.0. The van der Waals surface area contributed by atoms with Gasteiger partial charge in [0.05, 0.1) is 11.9 Å². The molecule has 1 aromatic heterocycles. The summed E-state index contributed by atoms with van der Waals surface area (Å²) in [5.41, 5.74) is 1.75. The number of methoxy groups -OCH3 is 1. The SMILES string of the molecule is CO[C@H](C)CS(=O)(=O)Nc1ccc2[nH]c(=O)cc(C)c2c1. The maximum Gasteiger partial charge on any atom is 0.248 e. The second-order valence-corrected chi connectivity index (χ2v) is 6.77. The van der Waals surface area contributed by atoms with Crippen LogP contribution in [0.3, 0.4) is 0 Å². The Balaban J connectivity index is 2.34. The number of pyridine rings is 1. The lowest BCUT2D eigenvalue weighted by atomic mass is 10.1. The fourth-order valence-corrected chi connectivity index (χ4v) is 3.41. The van der Waals surface area contributed by atoms with Crippen molar-refractivity contribution in [2.24, 2.45) is 0 Å². The van der Waals surface area contributed by atoms with Gasteiger partial charge in [-0.15, -0.1) is 0 Å². The molecule has 1 atom stereocenters. The third kappa shape index (κ3) is 3.83. The Morgan fingerprint density at radius 3 is 2.71 bits per heavy atom. The summed E-state index contributed by atoms with van der Waals surface area (Å²) in [5, 5.41) is 0.801. The van der Waals surface area contributed by atoms with E-state index in [2.05, 4.69) is 9.71 Å². The number of ether oxygens (including phenoxy) is 1. The Labute approximate surface area is 123 Å². The van der Waals surface area contributed by atoms with Gasteiger partial charge in [0.15, 0.2) is 0 Å². The van der Waals surface area contributed by atoms with Crippen LogP contribution in [0.5, 0.6) is 0 Å². The van der Waals surface area contributed by atoms with Crippen molar-refractivity contribution in [3.63, 3.8) is 0 Å². The molecule has 7 heteroatoms. The minimum Gasteiger partial charge on any atom is -0.381 e. The molecule has 114 valence electrons. The van der Waals surface area contributed by atoms with Gasteiger partial charge >= 0.3 is 0 Å². The van der Waals surface area contributed by atoms with Crippen molar-refractivity contribution in [1.29, 1.82) is 0 Å². The number of H-pyrrole nitrogens is 1. The van der Waals surface area contributed by atoms with E-state index in [9.17, 15) is 13.2 Å². The summed E-state index contributed by atoms with van der Waals surface area (Å²) in [6.45, 7) is 3.50. The third-order valence-electron chi connectivity index (χ3n) is 3.18. The van der Waals surface area contributed by atoms with Crippen LogP contribution in [-0.2, 0) is 14.8 Å². The molecule has 0 saturated heterocycles. The highest BCUT2D eigenvalue weighted by Gasteiger charge is 2.15. The van der Waals surface area contributed by atoms with Crippen LogP contribution in [0.2, 0.25) is 0 Å². The highest BCUT2D eigenvalue weighted by molar-refractivity contribution is 7.92. The predicted octanol–water partition coefficient (Wildman–Crippen LogP) is 1.61. The van der Waals surface area contributed by atoms with Crippen molar-refractivity contribution >= 4 is 26.6 Å². The van der Waals surface area contributed by atoms with Gasteiger partial charge in [-0.05, 0) is 37.6 Å². The largest absolute Gasteiger partial charge is 0.381 e. The summed E-state index contributed by atoms with van der Waals surface area (Å²) in [4.78, 5) is 14.1. The molecule has 0 aliphatic rings. The average Bonchev–Trinajstić information content (AvgIpc) is 2.38. The molecule has 1 heterocycles. The summed E-state index contributed by atoms with van der Waals surface area (Å²) in [7, 11) is -2.01. The molecule has 0 bridgehead atoms. The third-order valence-corrected chi connectivity index (χ3v) is 4.63. The Kier molecular flexibility index (Phi) is 4.34. The topological polar surface area (TPSA) is 88.3 Å². The van der Waals surface area contributed by atoms with Crippen LogP contribution in [0.15, 0.2) is 29.1 Å². The first-order valence-corrected chi connectivity index (χ1v) is 8.13. The number of aromatic amines is 1. The Bertz CT molecular complexity index is 811. The second kappa shape index (κ2) is 5.87. The number of hydrogen-bond acceptors (Lipinski definition) is 4. The first-order chi connectivity index (χ1) is 9.80. The summed E-state index contributed by atoms with van der Waals surface area (Å²) in [6.07, 6.45) is -0.388. The Morgan fingerprint density at radius 1 is 1.33 bits per heavy atom. The van der Waals surface area contributed by atoms with E-state index in [1.165, 1.54) is 13.2 Å². The van der Waals surface area contributed by atoms with E-state index in [0.29, 0.717) is 11.2 Å². The summed E-state index contributed by atoms with van der Waals surface area (Å²) in [5.74, 6) is -0.119. The number of aryl methyl sites for hydroxylation is 1. The Hall–Kier alpha value is -1.86. The molecule has 21 heavy (non-hydrogen) atoms. The molecule has 0 fully saturated rings. The Morgan fingerprint density at radius 2 is 2.05 bits per heavy atom. The molecule has 0 aliphatic heterocycles. The van der Waals surface area contributed by atoms with Crippen molar-refractivity contribution in [2.45, 2.75) is 20.0 Å². The lowest BCUT2D eigenvalue weighted by Crippen LogP contribution is -2.25. The van der Waals surface area contributed by atoms with E-state index in [0.717, 1.165) is 10.9 Å². The zero-order chi connectivity index (χ0) is 15.6. The standard InChI is InChI=1S/C14H18N2O4S/c1-9-6-14(17)15-13-5-4-11(7-12(9)13)16-21(18,19)8-10(2)20-3/h4-7,10,16H,8H2,1-3H3,(H,15,17)/t10-/m1/s1. The molecule has 0 unspecified atom stereocenters. The zero-order valence-electron chi connectivity index (χ0n) is 12.1. The zero-order valence-corrected chi connectivity index (χ0v) is 13.0. The van der Waals surface area contributed by atoms with Gasteiger partial charge in [0.25, 0.3) is 0 Å². The van der Waals surface area contributed by atoms with Gasteiger partial charge in [0.1, 0.15) is 0 Å². The van der Waals surface area contributed by atoms with Crippen LogP contribution < -0.4 is 10.3 Å². The van der Waals surface area contributed by atoms with E-state index in [4.69, 9.17) is 4.74 Å². The highest BCUT2D eigenvalue weighted by atomic mass is 32.2. The van der Waals surface area contributed by atoms with Crippen molar-refractivity contribution < 1.29 is 13.2 Å². The fourth-order valence-electron chi connectivity index (χ4n) is 2.08. The van der Waals surface area contributed by atoms with E-state index >= 15 is 0 Å². The van der Waals surface area contributed by atoms with Gasteiger partial charge in [-0.2, -0.15) is 0 Å². The molecule has 2 rings (SSSR count). The molecule has 0 aliphatic carbocycles. The highest BCUT2D eigenvalue weighted by Crippen LogP contribution is 2.20. The lowest BCUT2D eigenvalue weighted by Gasteiger charge is -2.13. The minimum absolute atomic E-state index is 0.119. The quantitative estimate of drug-likeness (QED) is 0.878. The number of aromatic nitrogens is 1. The number of anilines is 1. The smallest absolute Gasteiger partial charge is 0.248 e. The van der Waals surface area contributed by atoms with E-state index in [-0.39, 0.29) is 17.4 Å². The van der Waals surface area contributed by atoms with Crippen LogP contribution in [0.4, 0.5) is 5.69 Å². The van der Waals surface area contributed by atoms with Gasteiger partial charge in [-0.1, -0.05) is 0 Å². The fraction of sp³-hybridized carbons (Fsp3) is 0.357. The molecular weight excluding hydrogens is 292 g/mol. The maximum atomic E-state index is 12.0. The van der Waals surface area contributed by atoms with Gasteiger partial charge in [-0.3, -0.25) is 9.52 Å². The summed E-state index contributed by atoms with van der Waals surface area (Å²) < 4.78 is 31.5. The number of fused-ring (bicyclic) bond motifs is 1. The van der Waals surface area contributed by atoms with Crippen molar-refractivity contribution in [3.05, 3.63) is 40.2 Å². The molecule has 2 N–H and O–H groups in total. The van der Waals surface area contributed by atoms with E-state index in [1.807, 2.05) is 6.92 Å². The van der Waals surface area contributed by atoms with Crippen molar-refractivity contribution in [2.75, 3.05) is 17.6 Å². The summed E-state index contributed by atoms with van der Waals surface area (Å²) in [6, 6.07) is 6.48. The molecular formula is C14H18N2O4S. The number of benzene rings is 1. The van der Waals surface area contributed by atoms with Crippen LogP contribution in [0.25, 0.3) is 10.9 Å². The molecule has 2 aromatic rings.